The van der Waals surface area contributed by atoms with Crippen molar-refractivity contribution in [2.75, 3.05) is 18.5 Å². The van der Waals surface area contributed by atoms with Crippen molar-refractivity contribution in [1.82, 2.24) is 4.90 Å². The van der Waals surface area contributed by atoms with Gasteiger partial charge in [0.2, 0.25) is 5.91 Å². The average molecular weight is 495 g/mol. The largest absolute Gasteiger partial charge is 0.462 e. The van der Waals surface area contributed by atoms with Crippen LogP contribution in [-0.2, 0) is 14.3 Å². The first-order chi connectivity index (χ1) is 16.4. The topological polar surface area (TPSA) is 75.7 Å². The standard InChI is InChI=1S/C26H26N2O4S2/c1-3-32-25(31)20-11-13-21(14-12-20)27-23(29)10-7-15-28-24(30)22(34-26(28)33)17-18(2)16-19-8-5-4-6-9-19/h4-6,8-9,11-14,16-17H,3,7,10,15H2,1-2H3,(H,27,29)/b18-16+,22-17-. The molecule has 34 heavy (non-hydrogen) atoms. The Morgan fingerprint density at radius 2 is 1.82 bits per heavy atom. The molecule has 1 N–H and O–H groups in total. The summed E-state index contributed by atoms with van der Waals surface area (Å²) in [7, 11) is 0. The highest BCUT2D eigenvalue weighted by molar-refractivity contribution is 8.26. The number of thioether (sulfide) groups is 1. The van der Waals surface area contributed by atoms with E-state index in [2.05, 4.69) is 5.32 Å². The third-order valence-electron chi connectivity index (χ3n) is 4.89. The Balaban J connectivity index is 1.49. The zero-order valence-corrected chi connectivity index (χ0v) is 20.7. The van der Waals surface area contributed by atoms with Crippen molar-refractivity contribution in [3.05, 3.63) is 82.3 Å². The molecule has 6 nitrogen and oxygen atoms in total. The molecule has 1 saturated heterocycles. The molecule has 0 radical (unpaired) electrons. The zero-order valence-electron chi connectivity index (χ0n) is 19.1. The third kappa shape index (κ3) is 7.13. The van der Waals surface area contributed by atoms with Gasteiger partial charge in [-0.1, -0.05) is 60.4 Å². The zero-order chi connectivity index (χ0) is 24.5. The molecule has 0 saturated carbocycles. The number of hydrogen-bond donors (Lipinski definition) is 1. The molecule has 0 atom stereocenters. The van der Waals surface area contributed by atoms with E-state index in [1.54, 1.807) is 36.1 Å². The second-order valence-electron chi connectivity index (χ2n) is 7.58. The molecule has 1 aliphatic rings. The van der Waals surface area contributed by atoms with E-state index in [1.165, 1.54) is 11.8 Å². The van der Waals surface area contributed by atoms with Gasteiger partial charge in [0.25, 0.3) is 5.91 Å². The highest BCUT2D eigenvalue weighted by Gasteiger charge is 2.31. The highest BCUT2D eigenvalue weighted by Crippen LogP contribution is 2.32. The van der Waals surface area contributed by atoms with Gasteiger partial charge in [-0.05, 0) is 61.7 Å². The number of nitrogens with one attached hydrogen (secondary N) is 1. The lowest BCUT2D eigenvalue weighted by atomic mass is 10.1. The van der Waals surface area contributed by atoms with Crippen LogP contribution in [0.25, 0.3) is 6.08 Å². The second kappa shape index (κ2) is 12.3. The average Bonchev–Trinajstić information content (AvgIpc) is 3.07. The van der Waals surface area contributed by atoms with Gasteiger partial charge >= 0.3 is 5.97 Å². The minimum absolute atomic E-state index is 0.134. The summed E-state index contributed by atoms with van der Waals surface area (Å²) in [6.07, 6.45) is 4.57. The van der Waals surface area contributed by atoms with Crippen molar-refractivity contribution in [3.8, 4) is 0 Å². The van der Waals surface area contributed by atoms with Gasteiger partial charge in [0.15, 0.2) is 0 Å². The summed E-state index contributed by atoms with van der Waals surface area (Å²) in [5.74, 6) is -0.707. The number of hydrogen-bond acceptors (Lipinski definition) is 6. The summed E-state index contributed by atoms with van der Waals surface area (Å²) in [5.41, 5.74) is 3.04. The van der Waals surface area contributed by atoms with Gasteiger partial charge in [-0.25, -0.2) is 4.79 Å². The monoisotopic (exact) mass is 494 g/mol. The number of carbonyl (C=O) groups excluding carboxylic acids is 3. The van der Waals surface area contributed by atoms with E-state index in [4.69, 9.17) is 17.0 Å². The molecule has 2 amide bonds. The molecule has 0 aromatic heterocycles. The molecule has 3 rings (SSSR count). The number of ether oxygens (including phenoxy) is 1. The van der Waals surface area contributed by atoms with E-state index >= 15 is 0 Å². The van der Waals surface area contributed by atoms with Gasteiger partial charge in [0, 0.05) is 18.7 Å². The molecule has 0 bridgehead atoms. The van der Waals surface area contributed by atoms with Crippen LogP contribution in [0.1, 0.15) is 42.6 Å². The van der Waals surface area contributed by atoms with Crippen molar-refractivity contribution in [2.45, 2.75) is 26.7 Å². The maximum absolute atomic E-state index is 12.8. The number of nitrogens with zero attached hydrogens (tertiary/aromatic N) is 1. The Kier molecular flexibility index (Phi) is 9.18. The maximum Gasteiger partial charge on any atom is 0.338 e. The van der Waals surface area contributed by atoms with Crippen LogP contribution in [0.4, 0.5) is 5.69 Å². The lowest BCUT2D eigenvalue weighted by molar-refractivity contribution is -0.122. The van der Waals surface area contributed by atoms with E-state index in [9.17, 15) is 14.4 Å². The molecule has 0 unspecified atom stereocenters. The van der Waals surface area contributed by atoms with E-state index in [-0.39, 0.29) is 18.2 Å². The number of amides is 2. The lowest BCUT2D eigenvalue weighted by Gasteiger charge is -2.14. The third-order valence-corrected chi connectivity index (χ3v) is 6.27. The fraction of sp³-hybridized carbons (Fsp3) is 0.231. The Bertz CT molecular complexity index is 1130. The van der Waals surface area contributed by atoms with Gasteiger partial charge in [-0.2, -0.15) is 0 Å². The van der Waals surface area contributed by atoms with Crippen LogP contribution < -0.4 is 5.32 Å². The predicted octanol–water partition coefficient (Wildman–Crippen LogP) is 5.43. The van der Waals surface area contributed by atoms with Crippen LogP contribution in [0.15, 0.2) is 71.2 Å². The van der Waals surface area contributed by atoms with Crippen LogP contribution in [0.5, 0.6) is 0 Å². The Hall–Kier alpha value is -3.23. The van der Waals surface area contributed by atoms with E-state index < -0.39 is 5.97 Å². The molecule has 1 heterocycles. The molecule has 176 valence electrons. The molecule has 1 fully saturated rings. The number of anilines is 1. The minimum Gasteiger partial charge on any atom is -0.462 e. The maximum atomic E-state index is 12.8. The summed E-state index contributed by atoms with van der Waals surface area (Å²) in [5, 5.41) is 2.79. The fourth-order valence-electron chi connectivity index (χ4n) is 3.28. The summed E-state index contributed by atoms with van der Waals surface area (Å²) >= 11 is 6.66. The van der Waals surface area contributed by atoms with E-state index in [0.29, 0.717) is 40.0 Å². The smallest absolute Gasteiger partial charge is 0.338 e. The summed E-state index contributed by atoms with van der Waals surface area (Å²) < 4.78 is 5.44. The number of thiocarbonyl (C=S) groups is 1. The Morgan fingerprint density at radius 1 is 1.12 bits per heavy atom. The van der Waals surface area contributed by atoms with Crippen LogP contribution in [0, 0.1) is 0 Å². The van der Waals surface area contributed by atoms with Crippen LogP contribution >= 0.6 is 24.0 Å². The molecule has 2 aromatic rings. The van der Waals surface area contributed by atoms with E-state index in [0.717, 1.165) is 11.1 Å². The van der Waals surface area contributed by atoms with Gasteiger partial charge in [-0.15, -0.1) is 0 Å². The number of rotatable bonds is 9. The molecular formula is C26H26N2O4S2. The van der Waals surface area contributed by atoms with Gasteiger partial charge < -0.3 is 10.1 Å². The van der Waals surface area contributed by atoms with Crippen LogP contribution in [-0.4, -0.2) is 40.2 Å². The van der Waals surface area contributed by atoms with Crippen molar-refractivity contribution >= 4 is 57.8 Å². The minimum atomic E-state index is -0.399. The van der Waals surface area contributed by atoms with Crippen molar-refractivity contribution in [2.24, 2.45) is 0 Å². The number of benzene rings is 2. The molecule has 8 heteroatoms. The first-order valence-electron chi connectivity index (χ1n) is 10.9. The molecular weight excluding hydrogens is 468 g/mol. The van der Waals surface area contributed by atoms with E-state index in [1.807, 2.05) is 49.4 Å². The number of allylic oxidation sites excluding steroid dienone is 2. The first kappa shape index (κ1) is 25.4. The summed E-state index contributed by atoms with van der Waals surface area (Å²) in [6, 6.07) is 16.4. The van der Waals surface area contributed by atoms with Crippen molar-refractivity contribution < 1.29 is 19.1 Å². The molecule has 2 aromatic carbocycles. The summed E-state index contributed by atoms with van der Waals surface area (Å²) in [6.45, 7) is 4.37. The van der Waals surface area contributed by atoms with Gasteiger partial charge in [-0.3, -0.25) is 14.5 Å². The first-order valence-corrected chi connectivity index (χ1v) is 12.2. The predicted molar refractivity (Wildman–Crippen MR) is 140 cm³/mol. The van der Waals surface area contributed by atoms with Crippen molar-refractivity contribution in [3.63, 3.8) is 0 Å². The number of carbonyl (C=O) groups is 3. The quantitative estimate of drug-likeness (QED) is 0.285. The molecule has 0 aliphatic carbocycles. The lowest BCUT2D eigenvalue weighted by Crippen LogP contribution is -2.29. The molecule has 1 aliphatic heterocycles. The van der Waals surface area contributed by atoms with Gasteiger partial charge in [0.05, 0.1) is 17.1 Å². The van der Waals surface area contributed by atoms with Crippen molar-refractivity contribution in [1.29, 1.82) is 0 Å². The van der Waals surface area contributed by atoms with Crippen LogP contribution in [0.2, 0.25) is 0 Å². The Morgan fingerprint density at radius 3 is 2.50 bits per heavy atom. The highest BCUT2D eigenvalue weighted by atomic mass is 32.2. The second-order valence-corrected chi connectivity index (χ2v) is 9.26. The van der Waals surface area contributed by atoms with Gasteiger partial charge in [0.1, 0.15) is 4.32 Å². The SMILES string of the molecule is CCOC(=O)c1ccc(NC(=O)CCCN2C(=O)/C(=C/C(C)=C/c3ccccc3)SC2=S)cc1. The number of esters is 1. The normalized spacial score (nSPS) is 15.1. The summed E-state index contributed by atoms with van der Waals surface area (Å²) in [4.78, 5) is 38.9. The fourth-order valence-corrected chi connectivity index (χ4v) is 4.64. The Labute approximate surface area is 209 Å². The molecule has 0 spiro atoms. The van der Waals surface area contributed by atoms with Crippen LogP contribution in [0.3, 0.4) is 0 Å².